The van der Waals surface area contributed by atoms with Crippen molar-refractivity contribution in [2.45, 2.75) is 19.9 Å². The summed E-state index contributed by atoms with van der Waals surface area (Å²) in [5.41, 5.74) is 2.32. The number of nitrogens with zero attached hydrogens (tertiary/aromatic N) is 1. The topological polar surface area (TPSA) is 22.0 Å². The van der Waals surface area contributed by atoms with Crippen molar-refractivity contribution in [1.82, 2.24) is 4.57 Å². The fraction of sp³-hybridized carbons (Fsp3) is 0.308. The van der Waals surface area contributed by atoms with Crippen molar-refractivity contribution in [2.24, 2.45) is 0 Å². The number of hydrogen-bond acceptors (Lipinski definition) is 1. The van der Waals surface area contributed by atoms with Gasteiger partial charge >= 0.3 is 0 Å². The van der Waals surface area contributed by atoms with Crippen LogP contribution >= 0.6 is 15.9 Å². The van der Waals surface area contributed by atoms with Crippen LogP contribution in [0, 0.1) is 0 Å². The summed E-state index contributed by atoms with van der Waals surface area (Å²) in [7, 11) is 0. The Kier molecular flexibility index (Phi) is 3.44. The molecular weight excluding hydrogens is 266 g/mol. The number of carbonyl (C=O) groups is 1. The van der Waals surface area contributed by atoms with Gasteiger partial charge in [-0.3, -0.25) is 4.79 Å². The van der Waals surface area contributed by atoms with Crippen LogP contribution in [0.25, 0.3) is 10.9 Å². The molecule has 2 nitrogen and oxygen atoms in total. The first-order valence-electron chi connectivity index (χ1n) is 5.34. The lowest BCUT2D eigenvalue weighted by Crippen LogP contribution is -1.98. The second-order valence-corrected chi connectivity index (χ2v) is 4.76. The van der Waals surface area contributed by atoms with E-state index in [1.807, 2.05) is 6.07 Å². The van der Waals surface area contributed by atoms with E-state index < -0.39 is 0 Å². The second kappa shape index (κ2) is 4.83. The van der Waals surface area contributed by atoms with Crippen molar-refractivity contribution in [3.63, 3.8) is 0 Å². The lowest BCUT2D eigenvalue weighted by atomic mass is 10.1. The van der Waals surface area contributed by atoms with Gasteiger partial charge in [0.15, 0.2) is 0 Å². The fourth-order valence-corrected chi connectivity index (χ4v) is 2.32. The summed E-state index contributed by atoms with van der Waals surface area (Å²) in [6.07, 6.45) is 2.61. The molecule has 84 valence electrons. The molecular formula is C13H14BrNO. The van der Waals surface area contributed by atoms with Gasteiger partial charge in [-0.1, -0.05) is 22.0 Å². The number of fused-ring (bicyclic) bond motifs is 1. The number of aromatic nitrogens is 1. The number of carbonyl (C=O) groups excluding carboxylic acids is 1. The molecule has 0 spiro atoms. The molecule has 1 aromatic carbocycles. The molecule has 3 heteroatoms. The third-order valence-electron chi connectivity index (χ3n) is 2.61. The number of ketones is 1. The van der Waals surface area contributed by atoms with Crippen molar-refractivity contribution in [3.8, 4) is 0 Å². The van der Waals surface area contributed by atoms with Crippen LogP contribution in [-0.2, 0) is 17.8 Å². The van der Waals surface area contributed by atoms with E-state index in [9.17, 15) is 4.79 Å². The van der Waals surface area contributed by atoms with Gasteiger partial charge in [0.1, 0.15) is 5.78 Å². The number of aryl methyl sites for hydroxylation is 1. The van der Waals surface area contributed by atoms with E-state index in [2.05, 4.69) is 44.9 Å². The smallest absolute Gasteiger partial charge is 0.134 e. The van der Waals surface area contributed by atoms with Gasteiger partial charge in [-0.15, -0.1) is 0 Å². The Hall–Kier alpha value is -1.09. The Morgan fingerprint density at radius 3 is 2.88 bits per heavy atom. The van der Waals surface area contributed by atoms with Crippen LogP contribution in [-0.4, -0.2) is 15.7 Å². The summed E-state index contributed by atoms with van der Waals surface area (Å²) in [5, 5.41) is 2.16. The molecule has 0 saturated heterocycles. The fourth-order valence-electron chi connectivity index (χ4n) is 1.93. The van der Waals surface area contributed by atoms with Crippen LogP contribution in [0.2, 0.25) is 0 Å². The molecule has 0 saturated carbocycles. The molecule has 0 aliphatic heterocycles. The highest BCUT2D eigenvalue weighted by Gasteiger charge is 2.03. The summed E-state index contributed by atoms with van der Waals surface area (Å²) in [4.78, 5) is 11.0. The largest absolute Gasteiger partial charge is 0.347 e. The van der Waals surface area contributed by atoms with E-state index in [4.69, 9.17) is 0 Å². The van der Waals surface area contributed by atoms with E-state index in [-0.39, 0.29) is 5.78 Å². The minimum atomic E-state index is 0.208. The first-order valence-corrected chi connectivity index (χ1v) is 6.46. The molecule has 2 aromatic rings. The van der Waals surface area contributed by atoms with Crippen LogP contribution in [0.15, 0.2) is 30.5 Å². The normalized spacial score (nSPS) is 10.9. The zero-order valence-electron chi connectivity index (χ0n) is 9.24. The first-order chi connectivity index (χ1) is 7.70. The highest BCUT2D eigenvalue weighted by molar-refractivity contribution is 9.09. The molecule has 0 fully saturated rings. The lowest BCUT2D eigenvalue weighted by Gasteiger charge is -2.03. The predicted molar refractivity (Wildman–Crippen MR) is 70.1 cm³/mol. The zero-order chi connectivity index (χ0) is 11.5. The molecule has 0 N–H and O–H groups in total. The Morgan fingerprint density at radius 1 is 1.38 bits per heavy atom. The van der Waals surface area contributed by atoms with Gasteiger partial charge in [0.2, 0.25) is 0 Å². The van der Waals surface area contributed by atoms with Crippen molar-refractivity contribution in [3.05, 3.63) is 36.0 Å². The number of hydrogen-bond donors (Lipinski definition) is 0. The average Bonchev–Trinajstić information content (AvgIpc) is 2.61. The maximum atomic E-state index is 11.0. The molecule has 0 radical (unpaired) electrons. The quantitative estimate of drug-likeness (QED) is 0.788. The number of Topliss-reactive ketones (excluding diaryl/α,β-unsaturated/α-hetero) is 1. The van der Waals surface area contributed by atoms with Crippen LogP contribution in [0.4, 0.5) is 0 Å². The minimum Gasteiger partial charge on any atom is -0.347 e. The summed E-state index contributed by atoms with van der Waals surface area (Å²) in [6, 6.07) is 8.33. The standard InChI is InChI=1S/C13H14BrNO/c1-10(16)8-11-2-3-13-12(9-11)4-6-15(13)7-5-14/h2-4,6,9H,5,7-8H2,1H3. The van der Waals surface area contributed by atoms with Crippen molar-refractivity contribution in [2.75, 3.05) is 5.33 Å². The highest BCUT2D eigenvalue weighted by Crippen LogP contribution is 2.18. The van der Waals surface area contributed by atoms with Crippen molar-refractivity contribution >= 4 is 32.6 Å². The molecule has 0 unspecified atom stereocenters. The molecule has 0 bridgehead atoms. The number of alkyl halides is 1. The Labute approximate surface area is 103 Å². The Bertz CT molecular complexity index is 516. The molecule has 0 aliphatic carbocycles. The highest BCUT2D eigenvalue weighted by atomic mass is 79.9. The van der Waals surface area contributed by atoms with Gasteiger partial charge in [0, 0.05) is 30.0 Å². The van der Waals surface area contributed by atoms with Crippen LogP contribution < -0.4 is 0 Å². The van der Waals surface area contributed by atoms with Crippen molar-refractivity contribution < 1.29 is 4.79 Å². The second-order valence-electron chi connectivity index (χ2n) is 3.97. The SMILES string of the molecule is CC(=O)Cc1ccc2c(ccn2CCBr)c1. The maximum absolute atomic E-state index is 11.0. The van der Waals surface area contributed by atoms with Crippen LogP contribution in [0.5, 0.6) is 0 Å². The van der Waals surface area contributed by atoms with E-state index in [0.717, 1.165) is 17.4 Å². The van der Waals surface area contributed by atoms with Gasteiger partial charge in [-0.25, -0.2) is 0 Å². The summed E-state index contributed by atoms with van der Waals surface area (Å²) >= 11 is 3.44. The minimum absolute atomic E-state index is 0.208. The Balaban J connectivity index is 2.37. The van der Waals surface area contributed by atoms with Gasteiger partial charge < -0.3 is 4.57 Å². The molecule has 16 heavy (non-hydrogen) atoms. The first kappa shape index (κ1) is 11.4. The number of rotatable bonds is 4. The van der Waals surface area contributed by atoms with Gasteiger partial charge in [0.25, 0.3) is 0 Å². The van der Waals surface area contributed by atoms with E-state index in [1.54, 1.807) is 6.92 Å². The summed E-state index contributed by atoms with van der Waals surface area (Å²) < 4.78 is 2.21. The lowest BCUT2D eigenvalue weighted by molar-refractivity contribution is -0.116. The molecule has 2 rings (SSSR count). The van der Waals surface area contributed by atoms with Crippen molar-refractivity contribution in [1.29, 1.82) is 0 Å². The van der Waals surface area contributed by atoms with Gasteiger partial charge in [0.05, 0.1) is 0 Å². The Morgan fingerprint density at radius 2 is 2.19 bits per heavy atom. The molecule has 0 amide bonds. The summed E-state index contributed by atoms with van der Waals surface area (Å²) in [5.74, 6) is 0.208. The predicted octanol–water partition coefficient (Wildman–Crippen LogP) is 3.17. The third kappa shape index (κ3) is 2.35. The van der Waals surface area contributed by atoms with Crippen LogP contribution in [0.3, 0.4) is 0 Å². The van der Waals surface area contributed by atoms with E-state index in [0.29, 0.717) is 6.42 Å². The molecule has 1 heterocycles. The van der Waals surface area contributed by atoms with Gasteiger partial charge in [-0.05, 0) is 36.1 Å². The number of benzene rings is 1. The summed E-state index contributed by atoms with van der Waals surface area (Å²) in [6.45, 7) is 2.59. The van der Waals surface area contributed by atoms with E-state index >= 15 is 0 Å². The maximum Gasteiger partial charge on any atom is 0.134 e. The zero-order valence-corrected chi connectivity index (χ0v) is 10.8. The van der Waals surface area contributed by atoms with Crippen LogP contribution in [0.1, 0.15) is 12.5 Å². The molecule has 1 aromatic heterocycles. The number of halogens is 1. The third-order valence-corrected chi connectivity index (χ3v) is 2.97. The average molecular weight is 280 g/mol. The monoisotopic (exact) mass is 279 g/mol. The van der Waals surface area contributed by atoms with Gasteiger partial charge in [-0.2, -0.15) is 0 Å². The molecule has 0 atom stereocenters. The van der Waals surface area contributed by atoms with E-state index in [1.165, 1.54) is 10.9 Å². The molecule has 0 aliphatic rings.